The number of ether oxygens (including phenoxy) is 2. The molecule has 2 N–H and O–H groups in total. The molecule has 3 aromatic carbocycles. The highest BCUT2D eigenvalue weighted by molar-refractivity contribution is 9.10. The van der Waals surface area contributed by atoms with Crippen LogP contribution in [0.15, 0.2) is 70.2 Å². The molecule has 5 rings (SSSR count). The normalized spacial score (nSPS) is 13.3. The number of hydrogen-bond acceptors (Lipinski definition) is 9. The summed E-state index contributed by atoms with van der Waals surface area (Å²) in [5, 5.41) is 7.44. The maximum Gasteiger partial charge on any atom is 0.250 e. The Balaban J connectivity index is 1.32. The van der Waals surface area contributed by atoms with Crippen molar-refractivity contribution in [2.75, 3.05) is 35.8 Å². The number of anilines is 4. The monoisotopic (exact) mass is 623 g/mol. The van der Waals surface area contributed by atoms with Gasteiger partial charge in [-0.1, -0.05) is 12.1 Å². The smallest absolute Gasteiger partial charge is 0.250 e. The van der Waals surface area contributed by atoms with Crippen LogP contribution in [0.25, 0.3) is 0 Å². The molecule has 1 aliphatic heterocycles. The van der Waals surface area contributed by atoms with Gasteiger partial charge in [0, 0.05) is 18.8 Å². The molecule has 0 atom stereocenters. The highest BCUT2D eigenvalue weighted by atomic mass is 79.9. The van der Waals surface area contributed by atoms with Crippen molar-refractivity contribution >= 4 is 45.7 Å². The van der Waals surface area contributed by atoms with Crippen molar-refractivity contribution in [2.45, 2.75) is 25.9 Å². The quantitative estimate of drug-likeness (QED) is 0.149. The fourth-order valence-corrected chi connectivity index (χ4v) is 4.80. The molecule has 1 aromatic heterocycles. The van der Waals surface area contributed by atoms with Crippen LogP contribution in [0.2, 0.25) is 0 Å². The first-order chi connectivity index (χ1) is 20.0. The van der Waals surface area contributed by atoms with Crippen molar-refractivity contribution in [3.8, 4) is 11.5 Å². The van der Waals surface area contributed by atoms with Crippen molar-refractivity contribution in [2.24, 2.45) is 5.10 Å². The average molecular weight is 624 g/mol. The van der Waals surface area contributed by atoms with E-state index in [2.05, 4.69) is 51.6 Å². The molecule has 212 valence electrons. The summed E-state index contributed by atoms with van der Waals surface area (Å²) in [7, 11) is 1.55. The molecule has 0 saturated carbocycles. The van der Waals surface area contributed by atoms with Crippen molar-refractivity contribution in [1.29, 1.82) is 0 Å². The van der Waals surface area contributed by atoms with Gasteiger partial charge in [-0.05, 0) is 94.9 Å². The summed E-state index contributed by atoms with van der Waals surface area (Å²) in [6.45, 7) is 1.95. The van der Waals surface area contributed by atoms with Gasteiger partial charge in [0.05, 0.1) is 17.8 Å². The Morgan fingerprint density at radius 2 is 1.61 bits per heavy atom. The largest absolute Gasteiger partial charge is 0.493 e. The third-order valence-corrected chi connectivity index (χ3v) is 6.88. The van der Waals surface area contributed by atoms with E-state index in [9.17, 15) is 8.78 Å². The Bertz CT molecular complexity index is 1500. The van der Waals surface area contributed by atoms with E-state index in [4.69, 9.17) is 9.47 Å². The number of rotatable bonds is 10. The van der Waals surface area contributed by atoms with Crippen LogP contribution in [-0.2, 0) is 6.61 Å². The van der Waals surface area contributed by atoms with E-state index in [1.165, 1.54) is 30.7 Å². The number of nitrogens with one attached hydrogen (secondary N) is 2. The molecule has 9 nitrogen and oxygen atoms in total. The van der Waals surface area contributed by atoms with E-state index in [1.54, 1.807) is 43.7 Å². The first-order valence-electron chi connectivity index (χ1n) is 13.0. The van der Waals surface area contributed by atoms with Gasteiger partial charge >= 0.3 is 0 Å². The second-order valence-corrected chi connectivity index (χ2v) is 10.1. The fraction of sp³-hybridized carbons (Fsp3) is 0.241. The summed E-state index contributed by atoms with van der Waals surface area (Å²) in [4.78, 5) is 15.7. The number of aromatic nitrogens is 3. The topological polar surface area (TPSA) is 96.8 Å². The van der Waals surface area contributed by atoms with Gasteiger partial charge in [-0.15, -0.1) is 0 Å². The molecule has 2 heterocycles. The summed E-state index contributed by atoms with van der Waals surface area (Å²) >= 11 is 3.54. The molecule has 4 aromatic rings. The molecule has 0 unspecified atom stereocenters. The van der Waals surface area contributed by atoms with Gasteiger partial charge in [-0.25, -0.2) is 14.2 Å². The summed E-state index contributed by atoms with van der Waals surface area (Å²) < 4.78 is 38.7. The molecule has 0 amide bonds. The third kappa shape index (κ3) is 7.66. The minimum absolute atomic E-state index is 0.247. The zero-order valence-corrected chi connectivity index (χ0v) is 23.9. The highest BCUT2D eigenvalue weighted by Gasteiger charge is 2.17. The number of methoxy groups -OCH3 is 1. The van der Waals surface area contributed by atoms with E-state index < -0.39 is 0 Å². The van der Waals surface area contributed by atoms with Gasteiger partial charge < -0.3 is 19.7 Å². The molecule has 12 heteroatoms. The lowest BCUT2D eigenvalue weighted by Gasteiger charge is -2.26. The predicted octanol–water partition coefficient (Wildman–Crippen LogP) is 6.68. The number of hydrogen-bond donors (Lipinski definition) is 2. The van der Waals surface area contributed by atoms with E-state index in [0.717, 1.165) is 37.1 Å². The van der Waals surface area contributed by atoms with Crippen LogP contribution in [0.3, 0.4) is 0 Å². The van der Waals surface area contributed by atoms with Crippen LogP contribution < -0.4 is 25.1 Å². The lowest BCUT2D eigenvalue weighted by Crippen LogP contribution is -2.31. The van der Waals surface area contributed by atoms with Crippen LogP contribution in [0, 0.1) is 11.6 Å². The molecule has 0 aliphatic carbocycles. The first kappa shape index (κ1) is 28.2. The number of nitrogens with zero attached hydrogens (tertiary/aromatic N) is 5. The van der Waals surface area contributed by atoms with Crippen LogP contribution >= 0.6 is 15.9 Å². The maximum absolute atomic E-state index is 13.4. The molecule has 1 fully saturated rings. The second kappa shape index (κ2) is 13.4. The van der Waals surface area contributed by atoms with Crippen LogP contribution in [0.5, 0.6) is 11.5 Å². The van der Waals surface area contributed by atoms with Gasteiger partial charge in [0.25, 0.3) is 0 Å². The highest BCUT2D eigenvalue weighted by Crippen LogP contribution is 2.37. The summed E-state index contributed by atoms with van der Waals surface area (Å²) in [5.74, 6) is 1.50. The van der Waals surface area contributed by atoms with Crippen LogP contribution in [0.4, 0.5) is 32.3 Å². The summed E-state index contributed by atoms with van der Waals surface area (Å²) in [6, 6.07) is 15.7. The molecule has 41 heavy (non-hydrogen) atoms. The van der Waals surface area contributed by atoms with Crippen molar-refractivity contribution in [1.82, 2.24) is 15.0 Å². The number of halogens is 3. The maximum atomic E-state index is 13.4. The van der Waals surface area contributed by atoms with E-state index in [1.807, 2.05) is 6.07 Å². The molecule has 1 aliphatic rings. The van der Waals surface area contributed by atoms with Gasteiger partial charge in [0.2, 0.25) is 17.8 Å². The summed E-state index contributed by atoms with van der Waals surface area (Å²) in [6.07, 6.45) is 4.91. The third-order valence-electron chi connectivity index (χ3n) is 6.29. The molecule has 0 radical (unpaired) electrons. The van der Waals surface area contributed by atoms with E-state index in [0.29, 0.717) is 33.6 Å². The molecular formula is C29H28BrF2N7O2. The zero-order chi connectivity index (χ0) is 28.6. The number of hydrazone groups is 1. The van der Waals surface area contributed by atoms with Gasteiger partial charge in [-0.2, -0.15) is 20.1 Å². The Hall–Kier alpha value is -4.32. The van der Waals surface area contributed by atoms with Crippen LogP contribution in [0.1, 0.15) is 30.4 Å². The number of piperidine rings is 1. The minimum Gasteiger partial charge on any atom is -0.493 e. The Labute approximate surface area is 244 Å². The fourth-order valence-electron chi connectivity index (χ4n) is 4.22. The molecule has 0 spiro atoms. The average Bonchev–Trinajstić information content (AvgIpc) is 2.99. The van der Waals surface area contributed by atoms with Crippen molar-refractivity contribution in [3.05, 3.63) is 87.9 Å². The SMILES string of the molecule is COc1cc(/C=N\Nc2nc(Nc3ccc(F)cc3)nc(N3CCCCC3)n2)cc(Br)c1OCc1ccc(F)cc1. The van der Waals surface area contributed by atoms with E-state index in [-0.39, 0.29) is 24.2 Å². The second-order valence-electron chi connectivity index (χ2n) is 9.28. The van der Waals surface area contributed by atoms with Crippen LogP contribution in [-0.4, -0.2) is 41.4 Å². The molecular weight excluding hydrogens is 596 g/mol. The van der Waals surface area contributed by atoms with Crippen molar-refractivity contribution < 1.29 is 18.3 Å². The number of benzene rings is 3. The summed E-state index contributed by atoms with van der Waals surface area (Å²) in [5.41, 5.74) is 5.09. The van der Waals surface area contributed by atoms with Gasteiger partial charge in [0.15, 0.2) is 11.5 Å². The Morgan fingerprint density at radius 1 is 0.927 bits per heavy atom. The predicted molar refractivity (Wildman–Crippen MR) is 158 cm³/mol. The van der Waals surface area contributed by atoms with E-state index >= 15 is 0 Å². The Kier molecular flexibility index (Phi) is 9.19. The van der Waals surface area contributed by atoms with Gasteiger partial charge in [-0.3, -0.25) is 0 Å². The Morgan fingerprint density at radius 3 is 2.32 bits per heavy atom. The lowest BCUT2D eigenvalue weighted by atomic mass is 10.1. The molecule has 0 bridgehead atoms. The minimum atomic E-state index is -0.326. The lowest BCUT2D eigenvalue weighted by molar-refractivity contribution is 0.282. The standard InChI is InChI=1S/C29H28BrF2N7O2/c1-40-25-16-20(15-24(30)26(25)41-18-19-5-7-21(31)8-6-19)17-33-38-28-35-27(34-23-11-9-22(32)10-12-23)36-29(37-28)39-13-3-2-4-14-39/h5-12,15-17H,2-4,13-14,18H2,1H3,(H2,34,35,36,37,38)/b33-17-. The first-order valence-corrected chi connectivity index (χ1v) is 13.8. The molecule has 1 saturated heterocycles. The van der Waals surface area contributed by atoms with Gasteiger partial charge in [0.1, 0.15) is 18.2 Å². The van der Waals surface area contributed by atoms with Crippen molar-refractivity contribution in [3.63, 3.8) is 0 Å². The zero-order valence-electron chi connectivity index (χ0n) is 22.3.